The first-order valence-electron chi connectivity index (χ1n) is 9.89. The number of hydrogen-bond acceptors (Lipinski definition) is 3. The van der Waals surface area contributed by atoms with Crippen LogP contribution in [0.2, 0.25) is 0 Å². The molecular formula is C21H30N2O3S. The van der Waals surface area contributed by atoms with Gasteiger partial charge in [-0.05, 0) is 50.2 Å². The lowest BCUT2D eigenvalue weighted by Crippen LogP contribution is -2.46. The summed E-state index contributed by atoms with van der Waals surface area (Å²) in [4.78, 5) is 14.7. The van der Waals surface area contributed by atoms with E-state index in [4.69, 9.17) is 0 Å². The predicted octanol–water partition coefficient (Wildman–Crippen LogP) is 3.27. The van der Waals surface area contributed by atoms with Gasteiger partial charge in [0.15, 0.2) is 0 Å². The molecule has 0 spiro atoms. The predicted molar refractivity (Wildman–Crippen MR) is 108 cm³/mol. The van der Waals surface area contributed by atoms with E-state index in [1.807, 2.05) is 36.1 Å². The van der Waals surface area contributed by atoms with Gasteiger partial charge in [0.25, 0.3) is 0 Å². The number of likely N-dealkylation sites (tertiary alicyclic amines) is 1. The van der Waals surface area contributed by atoms with Gasteiger partial charge >= 0.3 is 0 Å². The average molecular weight is 391 g/mol. The molecule has 0 N–H and O–H groups in total. The first-order valence-corrected chi connectivity index (χ1v) is 11.4. The molecule has 5 nitrogen and oxygen atoms in total. The molecule has 0 saturated carbocycles. The number of amides is 1. The van der Waals surface area contributed by atoms with Crippen LogP contribution in [0, 0.1) is 18.8 Å². The van der Waals surface area contributed by atoms with E-state index >= 15 is 0 Å². The highest BCUT2D eigenvalue weighted by molar-refractivity contribution is 7.92. The van der Waals surface area contributed by atoms with E-state index < -0.39 is 10.0 Å². The lowest BCUT2D eigenvalue weighted by molar-refractivity contribution is -0.138. The van der Waals surface area contributed by atoms with Gasteiger partial charge in [0, 0.05) is 37.5 Å². The maximum absolute atomic E-state index is 12.7. The fourth-order valence-electron chi connectivity index (χ4n) is 3.77. The number of carbonyl (C=O) groups excluding carboxylic acids is 1. The summed E-state index contributed by atoms with van der Waals surface area (Å²) in [6, 6.07) is 7.74. The van der Waals surface area contributed by atoms with E-state index in [1.165, 1.54) is 9.71 Å². The van der Waals surface area contributed by atoms with Crippen LogP contribution in [0.4, 0.5) is 0 Å². The van der Waals surface area contributed by atoms with Crippen molar-refractivity contribution >= 4 is 22.0 Å². The summed E-state index contributed by atoms with van der Waals surface area (Å²) in [5, 5.41) is 1.28. The Morgan fingerprint density at radius 3 is 2.19 bits per heavy atom. The summed E-state index contributed by atoms with van der Waals surface area (Å²) < 4.78 is 26.7. The first kappa shape index (κ1) is 20.1. The lowest BCUT2D eigenvalue weighted by Gasteiger charge is -2.36. The third-order valence-electron chi connectivity index (χ3n) is 5.77. The Bertz CT molecular complexity index is 770. The molecule has 6 heteroatoms. The minimum atomic E-state index is -3.45. The fourth-order valence-corrected chi connectivity index (χ4v) is 4.99. The molecule has 148 valence electrons. The van der Waals surface area contributed by atoms with Crippen molar-refractivity contribution in [1.82, 2.24) is 9.21 Å². The molecule has 0 radical (unpaired) electrons. The molecule has 3 rings (SSSR count). The number of nitrogens with zero attached hydrogens (tertiary/aromatic N) is 2. The van der Waals surface area contributed by atoms with Crippen LogP contribution in [0.1, 0.15) is 43.7 Å². The van der Waals surface area contributed by atoms with Gasteiger partial charge in [0.05, 0.1) is 0 Å². The van der Waals surface area contributed by atoms with Crippen LogP contribution in [-0.4, -0.2) is 49.7 Å². The maximum Gasteiger partial charge on any atom is 0.236 e. The van der Waals surface area contributed by atoms with Crippen molar-refractivity contribution in [2.45, 2.75) is 39.5 Å². The molecule has 2 aliphatic heterocycles. The van der Waals surface area contributed by atoms with E-state index in [0.717, 1.165) is 37.1 Å². The molecule has 2 heterocycles. The van der Waals surface area contributed by atoms with E-state index in [2.05, 4.69) is 6.92 Å². The highest BCUT2D eigenvalue weighted by Gasteiger charge is 2.33. The van der Waals surface area contributed by atoms with E-state index in [0.29, 0.717) is 31.8 Å². The zero-order valence-electron chi connectivity index (χ0n) is 16.3. The lowest BCUT2D eigenvalue weighted by atomic mass is 9.93. The standard InChI is InChI=1S/C21H30N2O3S/c1-17-3-5-19(6-4-17)11-16-27(25,26)23-14-9-20(10-15-23)21(24)22-12-7-18(2)8-13-22/h3-6,11,16,18,20H,7-10,12-15H2,1-2H3. The topological polar surface area (TPSA) is 57.7 Å². The number of carbonyl (C=O) groups is 1. The van der Waals surface area contributed by atoms with Crippen LogP contribution in [0.5, 0.6) is 0 Å². The second-order valence-corrected chi connectivity index (χ2v) is 9.76. The summed E-state index contributed by atoms with van der Waals surface area (Å²) in [6.07, 6.45) is 5.01. The van der Waals surface area contributed by atoms with Gasteiger partial charge in [-0.1, -0.05) is 36.8 Å². The first-order chi connectivity index (χ1) is 12.8. The minimum Gasteiger partial charge on any atom is -0.342 e. The highest BCUT2D eigenvalue weighted by Crippen LogP contribution is 2.25. The Morgan fingerprint density at radius 2 is 1.59 bits per heavy atom. The summed E-state index contributed by atoms with van der Waals surface area (Å²) in [7, 11) is -3.45. The fraction of sp³-hybridized carbons (Fsp3) is 0.571. The van der Waals surface area contributed by atoms with Crippen molar-refractivity contribution in [1.29, 1.82) is 0 Å². The van der Waals surface area contributed by atoms with Gasteiger partial charge in [0.1, 0.15) is 0 Å². The van der Waals surface area contributed by atoms with E-state index in [9.17, 15) is 13.2 Å². The zero-order valence-corrected chi connectivity index (χ0v) is 17.1. The molecule has 1 aromatic rings. The molecule has 2 saturated heterocycles. The summed E-state index contributed by atoms with van der Waals surface area (Å²) >= 11 is 0. The minimum absolute atomic E-state index is 0.0362. The van der Waals surface area contributed by atoms with Gasteiger partial charge < -0.3 is 4.90 Å². The molecule has 2 fully saturated rings. The zero-order chi connectivity index (χ0) is 19.4. The monoisotopic (exact) mass is 390 g/mol. The van der Waals surface area contributed by atoms with Gasteiger partial charge in [-0.25, -0.2) is 8.42 Å². The second kappa shape index (κ2) is 8.57. The SMILES string of the molecule is Cc1ccc(C=CS(=O)(=O)N2CCC(C(=O)N3CCC(C)CC3)CC2)cc1. The van der Waals surface area contributed by atoms with Crippen molar-refractivity contribution < 1.29 is 13.2 Å². The Balaban J connectivity index is 1.54. The summed E-state index contributed by atoms with van der Waals surface area (Å²) in [5.74, 6) is 0.876. The molecule has 0 aliphatic carbocycles. The van der Waals surface area contributed by atoms with E-state index in [-0.39, 0.29) is 11.8 Å². The molecule has 27 heavy (non-hydrogen) atoms. The number of rotatable bonds is 4. The van der Waals surface area contributed by atoms with Crippen LogP contribution >= 0.6 is 0 Å². The molecule has 2 aliphatic rings. The third-order valence-corrected chi connectivity index (χ3v) is 7.33. The number of sulfonamides is 1. The molecule has 0 atom stereocenters. The van der Waals surface area contributed by atoms with Gasteiger partial charge in [-0.3, -0.25) is 4.79 Å². The molecule has 1 amide bonds. The number of benzene rings is 1. The number of piperidine rings is 2. The molecule has 0 unspecified atom stereocenters. The van der Waals surface area contributed by atoms with Crippen molar-refractivity contribution in [2.75, 3.05) is 26.2 Å². The van der Waals surface area contributed by atoms with Gasteiger partial charge in [-0.15, -0.1) is 0 Å². The van der Waals surface area contributed by atoms with Crippen molar-refractivity contribution in [3.05, 3.63) is 40.8 Å². The summed E-state index contributed by atoms with van der Waals surface area (Å²) in [6.45, 7) is 6.76. The van der Waals surface area contributed by atoms with Gasteiger partial charge in [0.2, 0.25) is 15.9 Å². The molecule has 0 bridgehead atoms. The molecule has 1 aromatic carbocycles. The van der Waals surface area contributed by atoms with E-state index in [1.54, 1.807) is 6.08 Å². The normalized spacial score (nSPS) is 21.0. The second-order valence-electron chi connectivity index (χ2n) is 7.94. The summed E-state index contributed by atoms with van der Waals surface area (Å²) in [5.41, 5.74) is 2.01. The Kier molecular flexibility index (Phi) is 6.37. The largest absolute Gasteiger partial charge is 0.342 e. The highest BCUT2D eigenvalue weighted by atomic mass is 32.2. The average Bonchev–Trinajstić information content (AvgIpc) is 2.68. The van der Waals surface area contributed by atoms with Crippen molar-refractivity contribution in [3.63, 3.8) is 0 Å². The van der Waals surface area contributed by atoms with Crippen LogP contribution in [0.3, 0.4) is 0 Å². The van der Waals surface area contributed by atoms with Crippen molar-refractivity contribution in [2.24, 2.45) is 11.8 Å². The Hall–Kier alpha value is -1.66. The van der Waals surface area contributed by atoms with Crippen molar-refractivity contribution in [3.8, 4) is 0 Å². The third kappa shape index (κ3) is 5.20. The smallest absolute Gasteiger partial charge is 0.236 e. The van der Waals surface area contributed by atoms with Crippen LogP contribution < -0.4 is 0 Å². The number of aryl methyl sites for hydroxylation is 1. The maximum atomic E-state index is 12.7. The quantitative estimate of drug-likeness (QED) is 0.793. The van der Waals surface area contributed by atoms with Crippen LogP contribution in [-0.2, 0) is 14.8 Å². The van der Waals surface area contributed by atoms with Crippen LogP contribution in [0.25, 0.3) is 6.08 Å². The Morgan fingerprint density at radius 1 is 1.00 bits per heavy atom. The number of hydrogen-bond donors (Lipinski definition) is 0. The molecular weight excluding hydrogens is 360 g/mol. The van der Waals surface area contributed by atoms with Gasteiger partial charge in [-0.2, -0.15) is 4.31 Å². The Labute approximate surface area is 163 Å². The molecule has 0 aromatic heterocycles. The van der Waals surface area contributed by atoms with Crippen LogP contribution in [0.15, 0.2) is 29.7 Å².